The van der Waals surface area contributed by atoms with Crippen LogP contribution < -0.4 is 0 Å². The van der Waals surface area contributed by atoms with Crippen LogP contribution in [0.5, 0.6) is 0 Å². The van der Waals surface area contributed by atoms with Crippen LogP contribution in [0.3, 0.4) is 0 Å². The van der Waals surface area contributed by atoms with Crippen molar-refractivity contribution in [3.05, 3.63) is 53.1 Å². The van der Waals surface area contributed by atoms with Gasteiger partial charge in [-0.1, -0.05) is 42.0 Å². The lowest BCUT2D eigenvalue weighted by Crippen LogP contribution is -1.81. The summed E-state index contributed by atoms with van der Waals surface area (Å²) < 4.78 is 0. The van der Waals surface area contributed by atoms with Gasteiger partial charge in [-0.05, 0) is 31.4 Å². The molecule has 1 aliphatic heterocycles. The first-order valence-corrected chi connectivity index (χ1v) is 5.23. The number of nitrogens with zero attached hydrogens (tertiary/aromatic N) is 1. The number of benzene rings is 1. The fourth-order valence-electron chi connectivity index (χ4n) is 1.54. The number of aliphatic imine (C=N–C) groups is 1. The second-order valence-electron chi connectivity index (χ2n) is 3.88. The summed E-state index contributed by atoms with van der Waals surface area (Å²) in [4.78, 5) is 4.50. The van der Waals surface area contributed by atoms with Crippen LogP contribution >= 0.6 is 0 Å². The third-order valence-electron chi connectivity index (χ3n) is 2.74. The van der Waals surface area contributed by atoms with Gasteiger partial charge in [-0.3, -0.25) is 4.99 Å². The molecule has 0 atom stereocenters. The van der Waals surface area contributed by atoms with Crippen molar-refractivity contribution < 1.29 is 0 Å². The molecule has 76 valence electrons. The van der Waals surface area contributed by atoms with E-state index in [1.54, 1.807) is 0 Å². The van der Waals surface area contributed by atoms with Gasteiger partial charge in [0.1, 0.15) is 0 Å². The molecule has 1 aromatic rings. The highest BCUT2D eigenvalue weighted by atomic mass is 14.7. The smallest absolute Gasteiger partial charge is 0.0665 e. The summed E-state index contributed by atoms with van der Waals surface area (Å²) in [6, 6.07) is 10.3. The second kappa shape index (κ2) is 4.26. The Kier molecular flexibility index (Phi) is 2.82. The monoisotopic (exact) mass is 197 g/mol. The molecule has 0 aromatic heterocycles. The highest BCUT2D eigenvalue weighted by molar-refractivity contribution is 5.86. The minimum Gasteiger partial charge on any atom is -0.256 e. The molecule has 1 nitrogen and oxygen atoms in total. The molecule has 0 spiro atoms. The molecule has 0 unspecified atom stereocenters. The molecule has 1 heterocycles. The molecule has 0 saturated heterocycles. The van der Waals surface area contributed by atoms with Gasteiger partial charge in [0.05, 0.1) is 5.70 Å². The Labute approximate surface area is 90.9 Å². The zero-order chi connectivity index (χ0) is 10.7. The van der Waals surface area contributed by atoms with Gasteiger partial charge in [0, 0.05) is 6.21 Å². The van der Waals surface area contributed by atoms with E-state index in [1.165, 1.54) is 16.7 Å². The van der Waals surface area contributed by atoms with E-state index in [4.69, 9.17) is 0 Å². The first kappa shape index (κ1) is 9.91. The Hall–Kier alpha value is -1.63. The quantitative estimate of drug-likeness (QED) is 0.648. The fourth-order valence-corrected chi connectivity index (χ4v) is 1.54. The second-order valence-corrected chi connectivity index (χ2v) is 3.88. The maximum atomic E-state index is 4.50. The lowest BCUT2D eigenvalue weighted by Gasteiger charge is -1.99. The lowest BCUT2D eigenvalue weighted by molar-refractivity contribution is 1.19. The predicted octanol–water partition coefficient (Wildman–Crippen LogP) is 3.84. The SMILES string of the molecule is CC1=C(C)CC=C(c2ccccc2)N=C1. The van der Waals surface area contributed by atoms with Gasteiger partial charge in [-0.15, -0.1) is 0 Å². The average Bonchev–Trinajstić information content (AvgIpc) is 2.44. The summed E-state index contributed by atoms with van der Waals surface area (Å²) in [5.74, 6) is 0. The van der Waals surface area contributed by atoms with Crippen LogP contribution in [0.1, 0.15) is 25.8 Å². The minimum absolute atomic E-state index is 0.996. The van der Waals surface area contributed by atoms with E-state index in [9.17, 15) is 0 Å². The highest BCUT2D eigenvalue weighted by Crippen LogP contribution is 2.21. The largest absolute Gasteiger partial charge is 0.256 e. The van der Waals surface area contributed by atoms with E-state index >= 15 is 0 Å². The van der Waals surface area contributed by atoms with Crippen LogP contribution in [0.15, 0.2) is 52.5 Å². The van der Waals surface area contributed by atoms with Gasteiger partial charge < -0.3 is 0 Å². The zero-order valence-electron chi connectivity index (χ0n) is 9.20. The van der Waals surface area contributed by atoms with Crippen molar-refractivity contribution in [1.29, 1.82) is 0 Å². The summed E-state index contributed by atoms with van der Waals surface area (Å²) in [5, 5.41) is 0. The number of rotatable bonds is 1. The summed E-state index contributed by atoms with van der Waals surface area (Å²) in [5.41, 5.74) is 4.94. The molecule has 0 bridgehead atoms. The molecule has 0 aliphatic carbocycles. The standard InChI is InChI=1S/C14H15N/c1-11-8-9-14(15-10-12(11)2)13-6-4-3-5-7-13/h3-7,9-10H,8H2,1-2H3. The van der Waals surface area contributed by atoms with Crippen molar-refractivity contribution >= 4 is 11.9 Å². The lowest BCUT2D eigenvalue weighted by atomic mass is 10.1. The van der Waals surface area contributed by atoms with Crippen LogP contribution in [-0.4, -0.2) is 6.21 Å². The molecule has 2 rings (SSSR count). The molecule has 0 radical (unpaired) electrons. The maximum absolute atomic E-state index is 4.50. The fraction of sp³-hybridized carbons (Fsp3) is 0.214. The van der Waals surface area contributed by atoms with Crippen molar-refractivity contribution in [2.75, 3.05) is 0 Å². The van der Waals surface area contributed by atoms with E-state index < -0.39 is 0 Å². The Bertz CT molecular complexity index is 436. The first-order valence-electron chi connectivity index (χ1n) is 5.23. The molecule has 0 N–H and O–H groups in total. The van der Waals surface area contributed by atoms with E-state index in [0.717, 1.165) is 12.1 Å². The third-order valence-corrected chi connectivity index (χ3v) is 2.74. The van der Waals surface area contributed by atoms with Crippen molar-refractivity contribution in [2.45, 2.75) is 20.3 Å². The van der Waals surface area contributed by atoms with Gasteiger partial charge in [0.25, 0.3) is 0 Å². The van der Waals surface area contributed by atoms with E-state index in [1.807, 2.05) is 24.4 Å². The molecule has 0 fully saturated rings. The number of hydrogen-bond donors (Lipinski definition) is 0. The van der Waals surface area contributed by atoms with Crippen molar-refractivity contribution in [3.8, 4) is 0 Å². The number of allylic oxidation sites excluding steroid dienone is 3. The van der Waals surface area contributed by atoms with Crippen LogP contribution in [0, 0.1) is 0 Å². The molecular weight excluding hydrogens is 182 g/mol. The molecule has 1 aliphatic rings. The first-order chi connectivity index (χ1) is 7.27. The van der Waals surface area contributed by atoms with E-state index in [-0.39, 0.29) is 0 Å². The minimum atomic E-state index is 0.996. The average molecular weight is 197 g/mol. The summed E-state index contributed by atoms with van der Waals surface area (Å²) in [6.07, 6.45) is 5.15. The predicted molar refractivity (Wildman–Crippen MR) is 65.9 cm³/mol. The molecule has 15 heavy (non-hydrogen) atoms. The van der Waals surface area contributed by atoms with Crippen molar-refractivity contribution in [2.24, 2.45) is 4.99 Å². The van der Waals surface area contributed by atoms with Gasteiger partial charge in [0.2, 0.25) is 0 Å². The van der Waals surface area contributed by atoms with Gasteiger partial charge in [-0.2, -0.15) is 0 Å². The van der Waals surface area contributed by atoms with Crippen molar-refractivity contribution in [3.63, 3.8) is 0 Å². The van der Waals surface area contributed by atoms with E-state index in [2.05, 4.69) is 37.0 Å². The Morgan fingerprint density at radius 2 is 1.80 bits per heavy atom. The Morgan fingerprint density at radius 3 is 2.53 bits per heavy atom. The normalized spacial score (nSPS) is 16.3. The van der Waals surface area contributed by atoms with Crippen molar-refractivity contribution in [1.82, 2.24) is 0 Å². The molecule has 0 amide bonds. The van der Waals surface area contributed by atoms with Gasteiger partial charge in [-0.25, -0.2) is 0 Å². The molecule has 0 saturated carbocycles. The third kappa shape index (κ3) is 2.24. The van der Waals surface area contributed by atoms with Gasteiger partial charge >= 0.3 is 0 Å². The molecule has 1 heteroatoms. The molecule has 1 aromatic carbocycles. The maximum Gasteiger partial charge on any atom is 0.0665 e. The molecular formula is C14H15N. The summed E-state index contributed by atoms with van der Waals surface area (Å²) in [6.45, 7) is 4.27. The van der Waals surface area contributed by atoms with Crippen LogP contribution in [0.25, 0.3) is 5.70 Å². The Morgan fingerprint density at radius 1 is 1.07 bits per heavy atom. The highest BCUT2D eigenvalue weighted by Gasteiger charge is 2.03. The summed E-state index contributed by atoms with van der Waals surface area (Å²) in [7, 11) is 0. The van der Waals surface area contributed by atoms with Crippen LogP contribution in [-0.2, 0) is 0 Å². The van der Waals surface area contributed by atoms with Crippen LogP contribution in [0.2, 0.25) is 0 Å². The Balaban J connectivity index is 2.32. The topological polar surface area (TPSA) is 12.4 Å². The van der Waals surface area contributed by atoms with Crippen LogP contribution in [0.4, 0.5) is 0 Å². The zero-order valence-corrected chi connectivity index (χ0v) is 9.20. The van der Waals surface area contributed by atoms with E-state index in [0.29, 0.717) is 0 Å². The summed E-state index contributed by atoms with van der Waals surface area (Å²) >= 11 is 0. The number of hydrogen-bond acceptors (Lipinski definition) is 1. The van der Waals surface area contributed by atoms with Gasteiger partial charge in [0.15, 0.2) is 0 Å².